The van der Waals surface area contributed by atoms with Crippen LogP contribution >= 0.6 is 11.6 Å². The third kappa shape index (κ3) is 1.59. The summed E-state index contributed by atoms with van der Waals surface area (Å²) in [5.41, 5.74) is 6.24. The highest BCUT2D eigenvalue weighted by Crippen LogP contribution is 2.71. The molecule has 0 aromatic heterocycles. The zero-order chi connectivity index (χ0) is 16.6. The smallest absolute Gasteiger partial charge is 0.0412 e. The molecule has 23 heavy (non-hydrogen) atoms. The molecule has 0 amide bonds. The minimum atomic E-state index is 0.0897. The highest BCUT2D eigenvalue weighted by atomic mass is 35.5. The van der Waals surface area contributed by atoms with Gasteiger partial charge in [0.25, 0.3) is 0 Å². The average molecular weight is 325 g/mol. The monoisotopic (exact) mass is 324 g/mol. The van der Waals surface area contributed by atoms with E-state index in [1.165, 1.54) is 28.7 Å². The molecular weight excluding hydrogens is 300 g/mol. The van der Waals surface area contributed by atoms with E-state index in [9.17, 15) is 0 Å². The van der Waals surface area contributed by atoms with Gasteiger partial charge in [0.2, 0.25) is 0 Å². The van der Waals surface area contributed by atoms with E-state index >= 15 is 0 Å². The third-order valence-corrected chi connectivity index (χ3v) is 7.88. The van der Waals surface area contributed by atoms with Crippen molar-refractivity contribution >= 4 is 11.6 Å². The summed E-state index contributed by atoms with van der Waals surface area (Å²) in [4.78, 5) is 0. The van der Waals surface area contributed by atoms with E-state index in [0.717, 1.165) is 5.02 Å². The lowest BCUT2D eigenvalue weighted by atomic mass is 9.55. The van der Waals surface area contributed by atoms with Gasteiger partial charge in [0, 0.05) is 10.4 Å². The Morgan fingerprint density at radius 2 is 1.57 bits per heavy atom. The molecule has 1 fully saturated rings. The van der Waals surface area contributed by atoms with Crippen LogP contribution in [0.15, 0.2) is 42.5 Å². The van der Waals surface area contributed by atoms with Crippen LogP contribution in [0, 0.1) is 16.7 Å². The maximum absolute atomic E-state index is 6.34. The Bertz CT molecular complexity index is 799. The molecule has 2 aromatic rings. The van der Waals surface area contributed by atoms with Gasteiger partial charge in [0.1, 0.15) is 0 Å². The van der Waals surface area contributed by atoms with Gasteiger partial charge < -0.3 is 0 Å². The van der Waals surface area contributed by atoms with Crippen LogP contribution in [-0.4, -0.2) is 0 Å². The van der Waals surface area contributed by atoms with Gasteiger partial charge in [-0.3, -0.25) is 0 Å². The van der Waals surface area contributed by atoms with Crippen LogP contribution in [0.5, 0.6) is 0 Å². The Balaban J connectivity index is 2.12. The predicted molar refractivity (Wildman–Crippen MR) is 99.0 cm³/mol. The van der Waals surface area contributed by atoms with Crippen molar-refractivity contribution in [1.29, 1.82) is 0 Å². The molecule has 2 aliphatic rings. The summed E-state index contributed by atoms with van der Waals surface area (Å²) >= 11 is 6.34. The topological polar surface area (TPSA) is 0 Å². The number of hydrogen-bond acceptors (Lipinski definition) is 0. The largest absolute Gasteiger partial charge is 0.0843 e. The van der Waals surface area contributed by atoms with Gasteiger partial charge in [-0.1, -0.05) is 76.6 Å². The Labute approximate surface area is 144 Å². The SMILES string of the molecule is CC1CC2(c3ccccc3-c3cc(Cl)ccc32)C(C)(C)C1(C)C. The summed E-state index contributed by atoms with van der Waals surface area (Å²) in [6.07, 6.45) is 1.21. The lowest BCUT2D eigenvalue weighted by Crippen LogP contribution is -2.43. The third-order valence-electron chi connectivity index (χ3n) is 7.64. The number of hydrogen-bond donors (Lipinski definition) is 0. The average Bonchev–Trinajstić information content (AvgIpc) is 2.85. The second-order valence-corrected chi connectivity index (χ2v) is 9.03. The van der Waals surface area contributed by atoms with E-state index in [0.29, 0.717) is 5.92 Å². The maximum atomic E-state index is 6.34. The second-order valence-electron chi connectivity index (χ2n) is 8.59. The Morgan fingerprint density at radius 1 is 0.913 bits per heavy atom. The number of benzene rings is 2. The molecule has 1 saturated carbocycles. The minimum Gasteiger partial charge on any atom is -0.0843 e. The van der Waals surface area contributed by atoms with Gasteiger partial charge in [-0.15, -0.1) is 0 Å². The first-order valence-corrected chi connectivity index (χ1v) is 9.01. The molecule has 4 rings (SSSR count). The molecule has 1 heteroatoms. The number of fused-ring (bicyclic) bond motifs is 5. The van der Waals surface area contributed by atoms with Crippen LogP contribution in [0.25, 0.3) is 11.1 Å². The molecule has 2 unspecified atom stereocenters. The molecule has 120 valence electrons. The normalized spacial score (nSPS) is 29.6. The zero-order valence-electron chi connectivity index (χ0n) is 14.7. The van der Waals surface area contributed by atoms with E-state index in [4.69, 9.17) is 11.6 Å². The maximum Gasteiger partial charge on any atom is 0.0412 e. The fourth-order valence-electron chi connectivity index (χ4n) is 5.38. The van der Waals surface area contributed by atoms with Crippen molar-refractivity contribution in [2.75, 3.05) is 0 Å². The molecule has 1 spiro atoms. The Morgan fingerprint density at radius 3 is 2.22 bits per heavy atom. The van der Waals surface area contributed by atoms with Crippen LogP contribution in [0.4, 0.5) is 0 Å². The molecule has 0 nitrogen and oxygen atoms in total. The fraction of sp³-hybridized carbons (Fsp3) is 0.455. The second kappa shape index (κ2) is 4.42. The van der Waals surface area contributed by atoms with Crippen molar-refractivity contribution in [3.63, 3.8) is 0 Å². The van der Waals surface area contributed by atoms with Crippen molar-refractivity contribution < 1.29 is 0 Å². The summed E-state index contributed by atoms with van der Waals surface area (Å²) in [5, 5.41) is 0.832. The quantitative estimate of drug-likeness (QED) is 0.506. The van der Waals surface area contributed by atoms with Gasteiger partial charge in [-0.05, 0) is 57.6 Å². The van der Waals surface area contributed by atoms with E-state index < -0.39 is 0 Å². The van der Waals surface area contributed by atoms with Crippen LogP contribution in [0.3, 0.4) is 0 Å². The lowest BCUT2D eigenvalue weighted by Gasteiger charge is -2.47. The van der Waals surface area contributed by atoms with Gasteiger partial charge >= 0.3 is 0 Å². The van der Waals surface area contributed by atoms with Gasteiger partial charge in [0.05, 0.1) is 0 Å². The molecular formula is C22H25Cl. The number of halogens is 1. The highest BCUT2D eigenvalue weighted by molar-refractivity contribution is 6.31. The fourth-order valence-corrected chi connectivity index (χ4v) is 5.55. The standard InChI is InChI=1S/C22H25Cl/c1-14-13-22(21(4,5)20(14,2)3)18-9-7-6-8-16(18)17-12-15(23)10-11-19(17)22/h6-12,14H,13H2,1-5H3. The van der Waals surface area contributed by atoms with Crippen molar-refractivity contribution in [2.24, 2.45) is 16.7 Å². The van der Waals surface area contributed by atoms with E-state index in [1.54, 1.807) is 0 Å². The summed E-state index contributed by atoms with van der Waals surface area (Å²) in [6.45, 7) is 12.3. The van der Waals surface area contributed by atoms with Crippen molar-refractivity contribution in [1.82, 2.24) is 0 Å². The van der Waals surface area contributed by atoms with E-state index in [2.05, 4.69) is 77.1 Å². The van der Waals surface area contributed by atoms with Gasteiger partial charge in [-0.25, -0.2) is 0 Å². The molecule has 2 aliphatic carbocycles. The molecule has 0 heterocycles. The van der Waals surface area contributed by atoms with Crippen LogP contribution in [-0.2, 0) is 5.41 Å². The highest BCUT2D eigenvalue weighted by Gasteiger charge is 2.65. The summed E-state index contributed by atoms with van der Waals surface area (Å²) in [5.74, 6) is 0.673. The molecule has 0 bridgehead atoms. The van der Waals surface area contributed by atoms with E-state index in [1.807, 2.05) is 0 Å². The number of rotatable bonds is 0. The molecule has 0 N–H and O–H groups in total. The molecule has 0 saturated heterocycles. The molecule has 0 radical (unpaired) electrons. The van der Waals surface area contributed by atoms with Crippen molar-refractivity contribution in [3.8, 4) is 11.1 Å². The van der Waals surface area contributed by atoms with Gasteiger partial charge in [0.15, 0.2) is 0 Å². The summed E-state index contributed by atoms with van der Waals surface area (Å²) in [6, 6.07) is 15.5. The molecule has 2 aromatic carbocycles. The summed E-state index contributed by atoms with van der Waals surface area (Å²) < 4.78 is 0. The minimum absolute atomic E-state index is 0.0897. The summed E-state index contributed by atoms with van der Waals surface area (Å²) in [7, 11) is 0. The Hall–Kier alpha value is -1.27. The van der Waals surface area contributed by atoms with Crippen molar-refractivity contribution in [2.45, 2.75) is 46.5 Å². The van der Waals surface area contributed by atoms with Gasteiger partial charge in [-0.2, -0.15) is 0 Å². The first-order valence-electron chi connectivity index (χ1n) is 8.63. The van der Waals surface area contributed by atoms with Crippen LogP contribution in [0.1, 0.15) is 52.2 Å². The first-order chi connectivity index (χ1) is 10.7. The van der Waals surface area contributed by atoms with Crippen LogP contribution in [0.2, 0.25) is 5.02 Å². The molecule has 0 aliphatic heterocycles. The first kappa shape index (κ1) is 15.3. The predicted octanol–water partition coefficient (Wildman–Crippen LogP) is 6.70. The molecule has 2 atom stereocenters. The Kier molecular flexibility index (Phi) is 2.93. The lowest BCUT2D eigenvalue weighted by molar-refractivity contribution is 0.0802. The van der Waals surface area contributed by atoms with E-state index in [-0.39, 0.29) is 16.2 Å². The van der Waals surface area contributed by atoms with Crippen LogP contribution < -0.4 is 0 Å². The zero-order valence-corrected chi connectivity index (χ0v) is 15.5. The van der Waals surface area contributed by atoms with Crippen molar-refractivity contribution in [3.05, 3.63) is 58.6 Å².